The van der Waals surface area contributed by atoms with Gasteiger partial charge in [-0.3, -0.25) is 4.79 Å². The molecule has 7 heteroatoms. The Hall–Kier alpha value is -2.35. The maximum atomic E-state index is 12.9. The summed E-state index contributed by atoms with van der Waals surface area (Å²) >= 11 is 8.97. The number of ether oxygens (including phenoxy) is 1. The van der Waals surface area contributed by atoms with E-state index in [0.29, 0.717) is 16.4 Å². The first-order valence-electron chi connectivity index (χ1n) is 10.7. The van der Waals surface area contributed by atoms with Crippen molar-refractivity contribution >= 4 is 68.6 Å². The van der Waals surface area contributed by atoms with E-state index in [1.807, 2.05) is 63.2 Å². The lowest BCUT2D eigenvalue weighted by molar-refractivity contribution is -0.137. The first kappa shape index (κ1) is 23.8. The van der Waals surface area contributed by atoms with Gasteiger partial charge in [0.2, 0.25) is 5.91 Å². The number of carbonyl (C=O) groups is 2. The van der Waals surface area contributed by atoms with Crippen LogP contribution >= 0.6 is 35.7 Å². The van der Waals surface area contributed by atoms with Crippen molar-refractivity contribution in [1.82, 2.24) is 0 Å². The quantitative estimate of drug-likeness (QED) is 0.272. The average molecular weight is 496 g/mol. The van der Waals surface area contributed by atoms with Gasteiger partial charge in [0.1, 0.15) is 4.91 Å². The summed E-state index contributed by atoms with van der Waals surface area (Å²) in [6.07, 6.45) is 0. The Morgan fingerprint density at radius 1 is 1.09 bits per heavy atom. The maximum Gasteiger partial charge on any atom is 0.346 e. The number of hydrogen-bond acceptors (Lipinski definition) is 6. The number of rotatable bonds is 3. The largest absolute Gasteiger partial charge is 0.462 e. The number of thiocarbonyl (C=S) groups is 1. The van der Waals surface area contributed by atoms with Crippen molar-refractivity contribution in [2.24, 2.45) is 0 Å². The van der Waals surface area contributed by atoms with Crippen molar-refractivity contribution in [3.05, 3.63) is 74.4 Å². The number of aryl methyl sites for hydroxylation is 1. The summed E-state index contributed by atoms with van der Waals surface area (Å²) < 4.78 is 6.31. The molecule has 33 heavy (non-hydrogen) atoms. The van der Waals surface area contributed by atoms with Crippen molar-refractivity contribution in [3.8, 4) is 0 Å². The smallest absolute Gasteiger partial charge is 0.346 e. The molecule has 0 radical (unpaired) electrons. The van der Waals surface area contributed by atoms with Gasteiger partial charge in [0.15, 0.2) is 0 Å². The fraction of sp³-hybridized carbons (Fsp3) is 0.269. The van der Waals surface area contributed by atoms with Gasteiger partial charge in [-0.25, -0.2) is 4.79 Å². The molecule has 0 saturated carbocycles. The summed E-state index contributed by atoms with van der Waals surface area (Å²) in [5, 5.41) is 0. The van der Waals surface area contributed by atoms with Gasteiger partial charge < -0.3 is 9.64 Å². The van der Waals surface area contributed by atoms with E-state index in [4.69, 9.17) is 17.0 Å². The second-order valence-corrected chi connectivity index (χ2v) is 11.1. The summed E-state index contributed by atoms with van der Waals surface area (Å²) in [6.45, 7) is 9.66. The van der Waals surface area contributed by atoms with E-state index in [9.17, 15) is 9.59 Å². The third kappa shape index (κ3) is 4.18. The molecule has 0 unspecified atom stereocenters. The molecule has 170 valence electrons. The van der Waals surface area contributed by atoms with Gasteiger partial charge in [-0.2, -0.15) is 0 Å². The van der Waals surface area contributed by atoms with E-state index >= 15 is 0 Å². The van der Waals surface area contributed by atoms with Gasteiger partial charge >= 0.3 is 5.97 Å². The zero-order valence-corrected chi connectivity index (χ0v) is 21.7. The molecule has 0 atom stereocenters. The van der Waals surface area contributed by atoms with E-state index in [0.717, 1.165) is 37.1 Å². The second kappa shape index (κ2) is 9.12. The van der Waals surface area contributed by atoms with Gasteiger partial charge in [0.05, 0.1) is 26.9 Å². The molecule has 0 saturated heterocycles. The second-order valence-electron chi connectivity index (χ2n) is 8.37. The first-order chi connectivity index (χ1) is 15.7. The minimum absolute atomic E-state index is 0.0569. The monoisotopic (exact) mass is 495 g/mol. The molecule has 2 aromatic carbocycles. The highest BCUT2D eigenvalue weighted by atomic mass is 32.2. The molecule has 2 aromatic rings. The molecule has 0 fully saturated rings. The molecule has 0 N–H and O–H groups in total. The Kier molecular flexibility index (Phi) is 6.58. The number of benzene rings is 2. The number of anilines is 1. The summed E-state index contributed by atoms with van der Waals surface area (Å²) in [7, 11) is 0. The topological polar surface area (TPSA) is 46.6 Å². The maximum absolute atomic E-state index is 12.9. The van der Waals surface area contributed by atoms with Crippen molar-refractivity contribution in [1.29, 1.82) is 0 Å². The lowest BCUT2D eigenvalue weighted by atomic mass is 9.83. The number of nitrogens with zero attached hydrogens (tertiary/aromatic N) is 1. The van der Waals surface area contributed by atoms with Gasteiger partial charge in [-0.1, -0.05) is 77.7 Å². The highest BCUT2D eigenvalue weighted by Gasteiger charge is 2.44. The van der Waals surface area contributed by atoms with Crippen LogP contribution in [0.3, 0.4) is 0 Å². The van der Waals surface area contributed by atoms with Crippen LogP contribution in [0.1, 0.15) is 44.4 Å². The Morgan fingerprint density at radius 3 is 2.42 bits per heavy atom. The summed E-state index contributed by atoms with van der Waals surface area (Å²) in [5.74, 6) is -0.390. The molecule has 0 aromatic heterocycles. The number of thioether (sulfide) groups is 2. The molecule has 2 heterocycles. The predicted octanol–water partition coefficient (Wildman–Crippen LogP) is 6.59. The van der Waals surface area contributed by atoms with Crippen molar-refractivity contribution in [2.45, 2.75) is 40.2 Å². The minimum Gasteiger partial charge on any atom is -0.462 e. The molecule has 2 aliphatic heterocycles. The van der Waals surface area contributed by atoms with E-state index in [-0.39, 0.29) is 11.9 Å². The number of fused-ring (bicyclic) bond motifs is 1. The summed E-state index contributed by atoms with van der Waals surface area (Å²) in [5.41, 5.74) is 4.02. The van der Waals surface area contributed by atoms with Crippen LogP contribution in [0.2, 0.25) is 0 Å². The van der Waals surface area contributed by atoms with Crippen LogP contribution < -0.4 is 4.90 Å². The van der Waals surface area contributed by atoms with E-state index in [1.165, 1.54) is 11.8 Å². The van der Waals surface area contributed by atoms with Gasteiger partial charge in [0, 0.05) is 23.0 Å². The molecule has 1 amide bonds. The van der Waals surface area contributed by atoms with E-state index < -0.39 is 5.54 Å². The highest BCUT2D eigenvalue weighted by molar-refractivity contribution is 8.32. The number of esters is 1. The number of carbonyl (C=O) groups excluding carboxylic acids is 2. The Labute approximate surface area is 208 Å². The zero-order valence-electron chi connectivity index (χ0n) is 19.2. The van der Waals surface area contributed by atoms with Crippen LogP contribution in [0.25, 0.3) is 10.5 Å². The molecule has 2 aliphatic rings. The molecular weight excluding hydrogens is 470 g/mol. The molecular formula is C26H25NO3S3. The van der Waals surface area contributed by atoms with E-state index in [1.54, 1.807) is 30.5 Å². The molecule has 0 spiro atoms. The van der Waals surface area contributed by atoms with Crippen molar-refractivity contribution in [2.75, 3.05) is 11.5 Å². The van der Waals surface area contributed by atoms with Crippen LogP contribution in [-0.4, -0.2) is 28.9 Å². The normalized spacial score (nSPS) is 19.5. The van der Waals surface area contributed by atoms with Crippen molar-refractivity contribution in [3.63, 3.8) is 0 Å². The van der Waals surface area contributed by atoms with Crippen LogP contribution in [0.15, 0.2) is 57.7 Å². The van der Waals surface area contributed by atoms with Gasteiger partial charge in [-0.05, 0) is 45.4 Å². The Balaban J connectivity index is 1.93. The fourth-order valence-corrected chi connectivity index (χ4v) is 7.28. The third-order valence-electron chi connectivity index (χ3n) is 5.62. The fourth-order valence-electron chi connectivity index (χ4n) is 4.15. The van der Waals surface area contributed by atoms with Crippen LogP contribution in [0, 0.1) is 6.92 Å². The number of amides is 1. The average Bonchev–Trinajstić information content (AvgIpc) is 3.20. The van der Waals surface area contributed by atoms with E-state index in [2.05, 4.69) is 6.07 Å². The SMILES string of the molecule is CCOC(=O)C1=C(c2ccccc2)S/C(=C2/C(=S)C(C)(C)N(C(C)=O)c3ccc(C)cc32)S1. The minimum atomic E-state index is -0.688. The summed E-state index contributed by atoms with van der Waals surface area (Å²) in [6, 6.07) is 15.9. The van der Waals surface area contributed by atoms with Crippen LogP contribution in [-0.2, 0) is 14.3 Å². The molecule has 4 nitrogen and oxygen atoms in total. The molecule has 0 bridgehead atoms. The Morgan fingerprint density at radius 2 is 1.79 bits per heavy atom. The molecule has 4 rings (SSSR count). The lowest BCUT2D eigenvalue weighted by Crippen LogP contribution is -2.55. The highest BCUT2D eigenvalue weighted by Crippen LogP contribution is 2.58. The number of hydrogen-bond donors (Lipinski definition) is 0. The Bertz CT molecular complexity index is 1230. The first-order valence-corrected chi connectivity index (χ1v) is 12.7. The zero-order chi connectivity index (χ0) is 23.9. The summed E-state index contributed by atoms with van der Waals surface area (Å²) in [4.78, 5) is 29.4. The standard InChI is InChI=1S/C26H25NO3S3/c1-6-30-24(29)22-21(17-10-8-7-9-11-17)32-25(33-22)20-18-14-15(2)12-13-19(18)27(16(3)28)26(4,5)23(20)31/h7-14H,6H2,1-5H3/b25-20-. The van der Waals surface area contributed by atoms with Crippen LogP contribution in [0.5, 0.6) is 0 Å². The predicted molar refractivity (Wildman–Crippen MR) is 143 cm³/mol. The van der Waals surface area contributed by atoms with Crippen molar-refractivity contribution < 1.29 is 14.3 Å². The third-order valence-corrected chi connectivity index (χ3v) is 8.95. The molecule has 0 aliphatic carbocycles. The van der Waals surface area contributed by atoms with Gasteiger partial charge in [-0.15, -0.1) is 0 Å². The van der Waals surface area contributed by atoms with Crippen LogP contribution in [0.4, 0.5) is 5.69 Å². The lowest BCUT2D eigenvalue weighted by Gasteiger charge is -2.45. The van der Waals surface area contributed by atoms with Gasteiger partial charge in [0.25, 0.3) is 0 Å².